The number of non-ortho nitro benzene ring substituents is 1. The number of fused-ring (bicyclic) bond motifs is 1. The number of amides is 2. The van der Waals surface area contributed by atoms with Gasteiger partial charge in [-0.05, 0) is 36.8 Å². The molecule has 2 amide bonds. The first-order valence-electron chi connectivity index (χ1n) is 8.51. The van der Waals surface area contributed by atoms with Crippen LogP contribution in [0.3, 0.4) is 0 Å². The van der Waals surface area contributed by atoms with Crippen LogP contribution in [0, 0.1) is 16.0 Å². The Hall–Kier alpha value is -2.45. The Labute approximate surface area is 164 Å². The van der Waals surface area contributed by atoms with Gasteiger partial charge in [0, 0.05) is 17.0 Å². The van der Waals surface area contributed by atoms with Crippen molar-refractivity contribution in [2.45, 2.75) is 32.6 Å². The molecular weight excluding hydrogens is 390 g/mol. The number of thiophene rings is 1. The van der Waals surface area contributed by atoms with Crippen LogP contribution in [0.1, 0.15) is 50.9 Å². The van der Waals surface area contributed by atoms with E-state index in [1.165, 1.54) is 23.5 Å². The molecule has 2 aromatic rings. The first-order chi connectivity index (χ1) is 12.8. The van der Waals surface area contributed by atoms with Crippen LogP contribution in [-0.4, -0.2) is 16.7 Å². The quantitative estimate of drug-likeness (QED) is 0.571. The van der Waals surface area contributed by atoms with Gasteiger partial charge < -0.3 is 11.1 Å². The summed E-state index contributed by atoms with van der Waals surface area (Å²) < 4.78 is 0. The third kappa shape index (κ3) is 3.81. The van der Waals surface area contributed by atoms with Crippen LogP contribution in [0.15, 0.2) is 18.2 Å². The Bertz CT molecular complexity index is 941. The van der Waals surface area contributed by atoms with E-state index in [4.69, 9.17) is 17.3 Å². The number of nitro benzene ring substituents is 1. The monoisotopic (exact) mass is 407 g/mol. The predicted octanol–water partition coefficient (Wildman–Crippen LogP) is 4.18. The molecule has 0 fully saturated rings. The van der Waals surface area contributed by atoms with Crippen molar-refractivity contribution in [2.75, 3.05) is 5.32 Å². The second-order valence-electron chi connectivity index (χ2n) is 6.46. The number of nitrogens with two attached hydrogens (primary N) is 1. The number of anilines is 1. The lowest BCUT2D eigenvalue weighted by Crippen LogP contribution is -2.20. The molecular formula is C18H18ClN3O4S. The second-order valence-corrected chi connectivity index (χ2v) is 7.98. The van der Waals surface area contributed by atoms with Crippen molar-refractivity contribution < 1.29 is 14.5 Å². The zero-order chi connectivity index (χ0) is 19.7. The fourth-order valence-electron chi connectivity index (χ4n) is 3.32. The zero-order valence-corrected chi connectivity index (χ0v) is 16.2. The van der Waals surface area contributed by atoms with Crippen LogP contribution in [0.5, 0.6) is 0 Å². The summed E-state index contributed by atoms with van der Waals surface area (Å²) in [6.45, 7) is 2.14. The number of nitrogens with zero attached hydrogens (tertiary/aromatic N) is 1. The van der Waals surface area contributed by atoms with Crippen LogP contribution >= 0.6 is 22.9 Å². The minimum absolute atomic E-state index is 0.0327. The third-order valence-electron chi connectivity index (χ3n) is 4.83. The van der Waals surface area contributed by atoms with Gasteiger partial charge in [0.25, 0.3) is 17.5 Å². The van der Waals surface area contributed by atoms with Gasteiger partial charge in [-0.1, -0.05) is 24.9 Å². The lowest BCUT2D eigenvalue weighted by Gasteiger charge is -2.20. The largest absolute Gasteiger partial charge is 0.365 e. The summed E-state index contributed by atoms with van der Waals surface area (Å²) in [5.74, 6) is -0.555. The van der Waals surface area contributed by atoms with Gasteiger partial charge in [-0.3, -0.25) is 19.7 Å². The van der Waals surface area contributed by atoms with Crippen molar-refractivity contribution in [1.29, 1.82) is 0 Å². The Morgan fingerprint density at radius 3 is 2.78 bits per heavy atom. The number of halogens is 1. The molecule has 0 saturated heterocycles. The second kappa shape index (κ2) is 7.66. The Kier molecular flexibility index (Phi) is 5.48. The summed E-state index contributed by atoms with van der Waals surface area (Å²) in [7, 11) is 0. The summed E-state index contributed by atoms with van der Waals surface area (Å²) in [5.41, 5.74) is 6.73. The lowest BCUT2D eigenvalue weighted by molar-refractivity contribution is -0.384. The van der Waals surface area contributed by atoms with E-state index < -0.39 is 16.7 Å². The van der Waals surface area contributed by atoms with Gasteiger partial charge in [0.15, 0.2) is 0 Å². The summed E-state index contributed by atoms with van der Waals surface area (Å²) in [5, 5.41) is 13.9. The Morgan fingerprint density at radius 1 is 1.44 bits per heavy atom. The van der Waals surface area contributed by atoms with Crippen molar-refractivity contribution in [1.82, 2.24) is 0 Å². The van der Waals surface area contributed by atoms with Crippen molar-refractivity contribution >= 4 is 45.4 Å². The van der Waals surface area contributed by atoms with Gasteiger partial charge in [-0.25, -0.2) is 0 Å². The minimum atomic E-state index is -0.587. The molecule has 1 heterocycles. The highest BCUT2D eigenvalue weighted by atomic mass is 35.5. The number of rotatable bonds is 5. The third-order valence-corrected chi connectivity index (χ3v) is 6.31. The van der Waals surface area contributed by atoms with Gasteiger partial charge >= 0.3 is 0 Å². The van der Waals surface area contributed by atoms with Crippen LogP contribution in [0.25, 0.3) is 0 Å². The van der Waals surface area contributed by atoms with Crippen molar-refractivity contribution in [3.05, 3.63) is 54.9 Å². The molecule has 0 unspecified atom stereocenters. The highest BCUT2D eigenvalue weighted by Gasteiger charge is 2.28. The van der Waals surface area contributed by atoms with Crippen LogP contribution in [0.2, 0.25) is 5.02 Å². The molecule has 142 valence electrons. The van der Waals surface area contributed by atoms with Crippen LogP contribution in [0.4, 0.5) is 10.7 Å². The molecule has 1 aromatic heterocycles. The number of primary amides is 1. The Morgan fingerprint density at radius 2 is 2.19 bits per heavy atom. The van der Waals surface area contributed by atoms with E-state index in [0.717, 1.165) is 42.2 Å². The highest BCUT2D eigenvalue weighted by molar-refractivity contribution is 7.17. The zero-order valence-electron chi connectivity index (χ0n) is 14.6. The molecule has 0 aliphatic heterocycles. The van der Waals surface area contributed by atoms with Crippen molar-refractivity contribution in [2.24, 2.45) is 11.7 Å². The molecule has 0 bridgehead atoms. The van der Waals surface area contributed by atoms with Gasteiger partial charge in [0.2, 0.25) is 0 Å². The van der Waals surface area contributed by atoms with Crippen LogP contribution < -0.4 is 11.1 Å². The molecule has 1 aromatic carbocycles. The standard InChI is InChI=1S/C18H18ClN3O4S/c1-2-9-3-5-12-14(7-9)27-18(15(12)16(20)23)21-17(24)11-6-4-10(22(25)26)8-13(11)19/h4,6,8-9H,2-3,5,7H2,1H3,(H2,20,23)(H,21,24)/t9-/m1/s1. The number of benzene rings is 1. The maximum Gasteiger partial charge on any atom is 0.270 e. The van der Waals surface area contributed by atoms with E-state index in [2.05, 4.69) is 12.2 Å². The lowest BCUT2D eigenvalue weighted by atomic mass is 9.85. The van der Waals surface area contributed by atoms with Crippen molar-refractivity contribution in [3.63, 3.8) is 0 Å². The molecule has 3 N–H and O–H groups in total. The molecule has 0 radical (unpaired) electrons. The molecule has 0 saturated carbocycles. The smallest absolute Gasteiger partial charge is 0.270 e. The summed E-state index contributed by atoms with van der Waals surface area (Å²) in [6.07, 6.45) is 3.67. The maximum absolute atomic E-state index is 12.6. The molecule has 1 aliphatic rings. The first kappa shape index (κ1) is 19.3. The average molecular weight is 408 g/mol. The fraction of sp³-hybridized carbons (Fsp3) is 0.333. The van der Waals surface area contributed by atoms with E-state index in [-0.39, 0.29) is 16.3 Å². The number of carbonyl (C=O) groups is 2. The predicted molar refractivity (Wildman–Crippen MR) is 105 cm³/mol. The van der Waals surface area contributed by atoms with E-state index in [1.807, 2.05) is 0 Å². The first-order valence-corrected chi connectivity index (χ1v) is 9.70. The van der Waals surface area contributed by atoms with E-state index in [0.29, 0.717) is 16.5 Å². The summed E-state index contributed by atoms with van der Waals surface area (Å²) >= 11 is 7.38. The maximum atomic E-state index is 12.6. The number of nitro groups is 1. The summed E-state index contributed by atoms with van der Waals surface area (Å²) in [6, 6.07) is 3.62. The molecule has 0 spiro atoms. The van der Waals surface area contributed by atoms with Crippen LogP contribution in [-0.2, 0) is 12.8 Å². The topological polar surface area (TPSA) is 115 Å². The number of hydrogen-bond acceptors (Lipinski definition) is 5. The molecule has 7 nitrogen and oxygen atoms in total. The molecule has 9 heteroatoms. The Balaban J connectivity index is 1.91. The number of hydrogen-bond donors (Lipinski definition) is 2. The van der Waals surface area contributed by atoms with Crippen molar-refractivity contribution in [3.8, 4) is 0 Å². The summed E-state index contributed by atoms with van der Waals surface area (Å²) in [4.78, 5) is 35.9. The molecule has 1 atom stereocenters. The molecule has 3 rings (SSSR count). The van der Waals surface area contributed by atoms with Gasteiger partial charge in [-0.15, -0.1) is 11.3 Å². The van der Waals surface area contributed by atoms with E-state index in [9.17, 15) is 19.7 Å². The highest BCUT2D eigenvalue weighted by Crippen LogP contribution is 2.40. The van der Waals surface area contributed by atoms with E-state index >= 15 is 0 Å². The fourth-order valence-corrected chi connectivity index (χ4v) is 4.95. The van der Waals surface area contributed by atoms with Gasteiger partial charge in [-0.2, -0.15) is 0 Å². The number of carbonyl (C=O) groups excluding carboxylic acids is 2. The SMILES string of the molecule is CC[C@@H]1CCc2c(sc(NC(=O)c3ccc([N+](=O)[O-])cc3Cl)c2C(N)=O)C1. The van der Waals surface area contributed by atoms with Gasteiger partial charge in [0.1, 0.15) is 5.00 Å². The molecule has 1 aliphatic carbocycles. The average Bonchev–Trinajstić information content (AvgIpc) is 2.98. The number of nitrogens with one attached hydrogen (secondary N) is 1. The molecule has 27 heavy (non-hydrogen) atoms. The van der Waals surface area contributed by atoms with E-state index in [1.54, 1.807) is 0 Å². The normalized spacial score (nSPS) is 15.9. The van der Waals surface area contributed by atoms with Gasteiger partial charge in [0.05, 0.1) is 21.1 Å². The minimum Gasteiger partial charge on any atom is -0.365 e.